The van der Waals surface area contributed by atoms with E-state index >= 15 is 0 Å². The van der Waals surface area contributed by atoms with E-state index in [1.54, 1.807) is 7.11 Å². The van der Waals surface area contributed by atoms with Gasteiger partial charge in [0.2, 0.25) is 0 Å². The molecule has 1 fully saturated rings. The van der Waals surface area contributed by atoms with Crippen LogP contribution in [0.15, 0.2) is 12.1 Å². The number of benzene rings is 1. The van der Waals surface area contributed by atoms with Gasteiger partial charge >= 0.3 is 0 Å². The van der Waals surface area contributed by atoms with Crippen molar-refractivity contribution in [3.05, 3.63) is 23.3 Å². The van der Waals surface area contributed by atoms with E-state index in [1.807, 2.05) is 0 Å². The van der Waals surface area contributed by atoms with E-state index in [4.69, 9.17) is 4.74 Å². The van der Waals surface area contributed by atoms with Crippen molar-refractivity contribution in [1.82, 2.24) is 5.32 Å². The summed E-state index contributed by atoms with van der Waals surface area (Å²) in [5.74, 6) is 0.971. The first-order valence-electron chi connectivity index (χ1n) is 6.71. The highest BCUT2D eigenvalue weighted by molar-refractivity contribution is 5.61. The van der Waals surface area contributed by atoms with Crippen LogP contribution in [0.25, 0.3) is 0 Å². The Labute approximate surface area is 110 Å². The Balaban J connectivity index is 2.17. The minimum absolute atomic E-state index is 0.612. The molecule has 1 aliphatic rings. The van der Waals surface area contributed by atoms with Crippen LogP contribution in [0.2, 0.25) is 0 Å². The highest BCUT2D eigenvalue weighted by atomic mass is 16.5. The van der Waals surface area contributed by atoms with E-state index < -0.39 is 0 Å². The second-order valence-corrected chi connectivity index (χ2v) is 5.28. The number of hydrogen-bond donors (Lipinski definition) is 1. The summed E-state index contributed by atoms with van der Waals surface area (Å²) in [6, 6.07) is 4.97. The second-order valence-electron chi connectivity index (χ2n) is 5.28. The lowest BCUT2D eigenvalue weighted by molar-refractivity contribution is 0.414. The fourth-order valence-corrected chi connectivity index (χ4v) is 2.58. The van der Waals surface area contributed by atoms with Gasteiger partial charge in [-0.2, -0.15) is 0 Å². The normalized spacial score (nSPS) is 19.0. The van der Waals surface area contributed by atoms with E-state index in [0.29, 0.717) is 6.04 Å². The first-order chi connectivity index (χ1) is 8.61. The summed E-state index contributed by atoms with van der Waals surface area (Å²) in [6.07, 6.45) is 2.57. The van der Waals surface area contributed by atoms with E-state index in [0.717, 1.165) is 18.8 Å². The third kappa shape index (κ3) is 2.78. The number of methoxy groups -OCH3 is 1. The molecule has 0 amide bonds. The Kier molecular flexibility index (Phi) is 4.12. The number of nitrogens with one attached hydrogen (secondary N) is 1. The largest absolute Gasteiger partial charge is 0.495 e. The lowest BCUT2D eigenvalue weighted by atomic mass is 10.1. The molecule has 1 aliphatic heterocycles. The number of hydrogen-bond acceptors (Lipinski definition) is 3. The van der Waals surface area contributed by atoms with Crippen molar-refractivity contribution in [3.8, 4) is 5.75 Å². The molecule has 100 valence electrons. The van der Waals surface area contributed by atoms with Crippen LogP contribution in [0.1, 0.15) is 24.0 Å². The number of nitrogens with zero attached hydrogens (tertiary/aromatic N) is 1. The molecule has 1 saturated heterocycles. The lowest BCUT2D eigenvalue weighted by Gasteiger charge is -2.26. The van der Waals surface area contributed by atoms with Crippen molar-refractivity contribution in [2.45, 2.75) is 32.7 Å². The predicted octanol–water partition coefficient (Wildman–Crippen LogP) is 2.50. The van der Waals surface area contributed by atoms with Crippen molar-refractivity contribution in [1.29, 1.82) is 0 Å². The Hall–Kier alpha value is -1.22. The van der Waals surface area contributed by atoms with Gasteiger partial charge in [-0.1, -0.05) is 0 Å². The highest BCUT2D eigenvalue weighted by Crippen LogP contribution is 2.31. The SMILES string of the molecule is COc1cc(C)c(C)cc1N(C)CC1CCCN1. The molecule has 3 heteroatoms. The monoisotopic (exact) mass is 248 g/mol. The summed E-state index contributed by atoms with van der Waals surface area (Å²) in [4.78, 5) is 2.30. The number of aryl methyl sites for hydroxylation is 2. The highest BCUT2D eigenvalue weighted by Gasteiger charge is 2.18. The van der Waals surface area contributed by atoms with E-state index in [1.165, 1.54) is 29.7 Å². The molecule has 2 rings (SSSR count). The molecular weight excluding hydrogens is 224 g/mol. The van der Waals surface area contributed by atoms with Crippen LogP contribution in [0.4, 0.5) is 5.69 Å². The molecule has 1 unspecified atom stereocenters. The molecule has 0 bridgehead atoms. The van der Waals surface area contributed by atoms with Gasteiger partial charge in [0, 0.05) is 19.6 Å². The Bertz CT molecular complexity index is 411. The molecule has 18 heavy (non-hydrogen) atoms. The summed E-state index contributed by atoms with van der Waals surface area (Å²) in [5, 5.41) is 3.54. The van der Waals surface area contributed by atoms with Crippen molar-refractivity contribution in [2.75, 3.05) is 32.1 Å². The van der Waals surface area contributed by atoms with Crippen molar-refractivity contribution in [3.63, 3.8) is 0 Å². The first kappa shape index (κ1) is 13.2. The van der Waals surface area contributed by atoms with Gasteiger partial charge in [0.1, 0.15) is 5.75 Å². The zero-order valence-electron chi connectivity index (χ0n) is 11.9. The van der Waals surface area contributed by atoms with Crippen LogP contribution < -0.4 is 15.0 Å². The van der Waals surface area contributed by atoms with Crippen LogP contribution >= 0.6 is 0 Å². The summed E-state index contributed by atoms with van der Waals surface area (Å²) < 4.78 is 5.50. The molecular formula is C15H24N2O. The van der Waals surface area contributed by atoms with Gasteiger partial charge in [0.05, 0.1) is 12.8 Å². The van der Waals surface area contributed by atoms with Gasteiger partial charge in [-0.05, 0) is 56.5 Å². The number of anilines is 1. The molecule has 0 spiro atoms. The van der Waals surface area contributed by atoms with Gasteiger partial charge in [0.15, 0.2) is 0 Å². The average molecular weight is 248 g/mol. The van der Waals surface area contributed by atoms with Crippen molar-refractivity contribution >= 4 is 5.69 Å². The molecule has 3 nitrogen and oxygen atoms in total. The smallest absolute Gasteiger partial charge is 0.142 e. The fourth-order valence-electron chi connectivity index (χ4n) is 2.58. The van der Waals surface area contributed by atoms with E-state index in [-0.39, 0.29) is 0 Å². The summed E-state index contributed by atoms with van der Waals surface area (Å²) in [6.45, 7) is 6.47. The van der Waals surface area contributed by atoms with Crippen LogP contribution in [0, 0.1) is 13.8 Å². The maximum Gasteiger partial charge on any atom is 0.142 e. The third-order valence-corrected chi connectivity index (χ3v) is 3.86. The first-order valence-corrected chi connectivity index (χ1v) is 6.71. The molecule has 1 atom stereocenters. The fraction of sp³-hybridized carbons (Fsp3) is 0.600. The van der Waals surface area contributed by atoms with Crippen LogP contribution in [0.5, 0.6) is 5.75 Å². The topological polar surface area (TPSA) is 24.5 Å². The van der Waals surface area contributed by atoms with Crippen LogP contribution in [-0.4, -0.2) is 33.3 Å². The van der Waals surface area contributed by atoms with E-state index in [9.17, 15) is 0 Å². The second kappa shape index (κ2) is 5.61. The van der Waals surface area contributed by atoms with Gasteiger partial charge in [0.25, 0.3) is 0 Å². The minimum Gasteiger partial charge on any atom is -0.495 e. The standard InChI is InChI=1S/C15H24N2O/c1-11-8-14(15(18-4)9-12(11)2)17(3)10-13-6-5-7-16-13/h8-9,13,16H,5-7,10H2,1-4H3. The van der Waals surface area contributed by atoms with Crippen LogP contribution in [0.3, 0.4) is 0 Å². The van der Waals surface area contributed by atoms with Gasteiger partial charge in [-0.15, -0.1) is 0 Å². The van der Waals surface area contributed by atoms with Gasteiger partial charge < -0.3 is 15.0 Å². The Morgan fingerprint density at radius 3 is 2.67 bits per heavy atom. The van der Waals surface area contributed by atoms with E-state index in [2.05, 4.69) is 43.2 Å². The molecule has 1 N–H and O–H groups in total. The van der Waals surface area contributed by atoms with Crippen molar-refractivity contribution < 1.29 is 4.74 Å². The predicted molar refractivity (Wildman–Crippen MR) is 76.8 cm³/mol. The van der Waals surface area contributed by atoms with Gasteiger partial charge in [-0.3, -0.25) is 0 Å². The molecule has 0 aromatic heterocycles. The molecule has 1 aromatic rings. The number of ether oxygens (including phenoxy) is 1. The summed E-state index contributed by atoms with van der Waals surface area (Å²) in [5.41, 5.74) is 3.79. The maximum absolute atomic E-state index is 5.50. The zero-order chi connectivity index (χ0) is 13.1. The Morgan fingerprint density at radius 2 is 2.06 bits per heavy atom. The average Bonchev–Trinajstić information content (AvgIpc) is 2.84. The molecule has 0 radical (unpaired) electrons. The quantitative estimate of drug-likeness (QED) is 0.886. The third-order valence-electron chi connectivity index (χ3n) is 3.86. The molecule has 0 aliphatic carbocycles. The molecule has 0 saturated carbocycles. The summed E-state index contributed by atoms with van der Waals surface area (Å²) in [7, 11) is 3.89. The van der Waals surface area contributed by atoms with Crippen molar-refractivity contribution in [2.24, 2.45) is 0 Å². The number of rotatable bonds is 4. The maximum atomic E-state index is 5.50. The lowest BCUT2D eigenvalue weighted by Crippen LogP contribution is -2.35. The van der Waals surface area contributed by atoms with Crippen LogP contribution in [-0.2, 0) is 0 Å². The Morgan fingerprint density at radius 1 is 1.33 bits per heavy atom. The minimum atomic E-state index is 0.612. The van der Waals surface area contributed by atoms with Gasteiger partial charge in [-0.25, -0.2) is 0 Å². The number of likely N-dealkylation sites (N-methyl/N-ethyl adjacent to an activating group) is 1. The molecule has 1 aromatic carbocycles. The zero-order valence-corrected chi connectivity index (χ0v) is 11.9. The summed E-state index contributed by atoms with van der Waals surface area (Å²) >= 11 is 0. The molecule has 1 heterocycles.